The number of anilines is 1. The van der Waals surface area contributed by atoms with E-state index in [4.69, 9.17) is 10.2 Å². The number of carboxylic acid groups (broad SMARTS) is 1. The molecule has 0 aliphatic heterocycles. The van der Waals surface area contributed by atoms with Crippen LogP contribution in [-0.2, 0) is 0 Å². The van der Waals surface area contributed by atoms with Crippen LogP contribution in [-0.4, -0.2) is 33.8 Å². The number of carboxylic acids is 1. The number of hydrogen-bond donors (Lipinski definition) is 3. The van der Waals surface area contributed by atoms with Crippen LogP contribution in [0.2, 0.25) is 0 Å². The zero-order chi connectivity index (χ0) is 11.3. The highest BCUT2D eigenvalue weighted by Crippen LogP contribution is 2.11. The van der Waals surface area contributed by atoms with Crippen LogP contribution in [0.4, 0.5) is 5.69 Å². The quantitative estimate of drug-likeness (QED) is 0.674. The van der Waals surface area contributed by atoms with Crippen molar-refractivity contribution in [3.63, 3.8) is 0 Å². The van der Waals surface area contributed by atoms with Crippen LogP contribution < -0.4 is 5.32 Å². The van der Waals surface area contributed by atoms with Crippen LogP contribution in [0.1, 0.15) is 23.8 Å². The van der Waals surface area contributed by atoms with Gasteiger partial charge in [0.2, 0.25) is 0 Å². The molecule has 0 spiro atoms. The van der Waals surface area contributed by atoms with Crippen molar-refractivity contribution < 1.29 is 15.0 Å². The number of nitrogens with zero attached hydrogens (tertiary/aromatic N) is 1. The van der Waals surface area contributed by atoms with Gasteiger partial charge in [-0.25, -0.2) is 9.78 Å². The first-order chi connectivity index (χ1) is 7.11. The minimum absolute atomic E-state index is 0.00286. The molecule has 0 aromatic carbocycles. The second-order valence-electron chi connectivity index (χ2n) is 3.27. The topological polar surface area (TPSA) is 82.5 Å². The minimum Gasteiger partial charge on any atom is -0.476 e. The summed E-state index contributed by atoms with van der Waals surface area (Å²) >= 11 is 0. The van der Waals surface area contributed by atoms with Crippen molar-refractivity contribution in [2.24, 2.45) is 0 Å². The zero-order valence-electron chi connectivity index (χ0n) is 8.47. The fourth-order valence-corrected chi connectivity index (χ4v) is 1.13. The molecule has 3 N–H and O–H groups in total. The summed E-state index contributed by atoms with van der Waals surface area (Å²) in [5, 5.41) is 20.8. The maximum Gasteiger partial charge on any atom is 0.356 e. The van der Waals surface area contributed by atoms with Crippen LogP contribution in [0.5, 0.6) is 0 Å². The van der Waals surface area contributed by atoms with Crippen LogP contribution in [0.3, 0.4) is 0 Å². The smallest absolute Gasteiger partial charge is 0.356 e. The van der Waals surface area contributed by atoms with Crippen molar-refractivity contribution in [1.29, 1.82) is 0 Å². The molecule has 1 unspecified atom stereocenters. The van der Waals surface area contributed by atoms with Crippen LogP contribution in [0, 0.1) is 0 Å². The Kier molecular flexibility index (Phi) is 4.05. The Bertz CT molecular complexity index is 339. The number of aliphatic hydroxyl groups excluding tert-OH is 1. The molecule has 0 saturated heterocycles. The molecule has 5 heteroatoms. The van der Waals surface area contributed by atoms with Gasteiger partial charge in [-0.3, -0.25) is 0 Å². The second-order valence-corrected chi connectivity index (χ2v) is 3.27. The van der Waals surface area contributed by atoms with E-state index >= 15 is 0 Å². The summed E-state index contributed by atoms with van der Waals surface area (Å²) < 4.78 is 0. The van der Waals surface area contributed by atoms with Gasteiger partial charge < -0.3 is 15.5 Å². The van der Waals surface area contributed by atoms with E-state index in [-0.39, 0.29) is 5.69 Å². The maximum absolute atomic E-state index is 10.8. The number of rotatable bonds is 5. The molecule has 0 amide bonds. The summed E-state index contributed by atoms with van der Waals surface area (Å²) in [5.41, 5.74) is 0.480. The van der Waals surface area contributed by atoms with Gasteiger partial charge in [-0.15, -0.1) is 0 Å². The van der Waals surface area contributed by atoms with Gasteiger partial charge in [0.15, 0.2) is 5.69 Å². The Balaban J connectivity index is 2.63. The molecule has 1 atom stereocenters. The lowest BCUT2D eigenvalue weighted by Gasteiger charge is -2.09. The number of nitrogens with one attached hydrogen (secondary N) is 1. The SMILES string of the molecule is CC(O)CCNc1cccnc1C(=O)O. The van der Waals surface area contributed by atoms with Gasteiger partial charge in [-0.1, -0.05) is 0 Å². The Labute approximate surface area is 87.8 Å². The lowest BCUT2D eigenvalue weighted by molar-refractivity contribution is 0.0691. The first-order valence-corrected chi connectivity index (χ1v) is 4.71. The lowest BCUT2D eigenvalue weighted by Crippen LogP contribution is -2.13. The van der Waals surface area contributed by atoms with Gasteiger partial charge in [0.1, 0.15) is 0 Å². The second kappa shape index (κ2) is 5.31. The average Bonchev–Trinajstić information content (AvgIpc) is 2.17. The molecule has 0 fully saturated rings. The van der Waals surface area contributed by atoms with Crippen LogP contribution >= 0.6 is 0 Å². The molecule has 1 rings (SSSR count). The summed E-state index contributed by atoms with van der Waals surface area (Å²) in [6.45, 7) is 2.20. The largest absolute Gasteiger partial charge is 0.476 e. The van der Waals surface area contributed by atoms with E-state index in [0.29, 0.717) is 18.7 Å². The Morgan fingerprint density at radius 1 is 1.67 bits per heavy atom. The van der Waals surface area contributed by atoms with Gasteiger partial charge in [0, 0.05) is 12.7 Å². The van der Waals surface area contributed by atoms with Crippen molar-refractivity contribution in [3.05, 3.63) is 24.0 Å². The van der Waals surface area contributed by atoms with E-state index in [2.05, 4.69) is 10.3 Å². The average molecular weight is 210 g/mol. The normalized spacial score (nSPS) is 12.1. The highest BCUT2D eigenvalue weighted by atomic mass is 16.4. The number of hydrogen-bond acceptors (Lipinski definition) is 4. The number of aromatic carboxylic acids is 1. The first-order valence-electron chi connectivity index (χ1n) is 4.71. The number of carbonyl (C=O) groups is 1. The lowest BCUT2D eigenvalue weighted by atomic mass is 10.2. The molecule has 1 aromatic heterocycles. The van der Waals surface area contributed by atoms with E-state index in [1.54, 1.807) is 19.1 Å². The van der Waals surface area contributed by atoms with E-state index in [1.165, 1.54) is 6.20 Å². The predicted octanol–water partition coefficient (Wildman–Crippen LogP) is 0.963. The van der Waals surface area contributed by atoms with Crippen molar-refractivity contribution in [3.8, 4) is 0 Å². The number of aromatic nitrogens is 1. The molecule has 5 nitrogen and oxygen atoms in total. The van der Waals surface area contributed by atoms with E-state index in [9.17, 15) is 4.79 Å². The highest BCUT2D eigenvalue weighted by molar-refractivity contribution is 5.91. The van der Waals surface area contributed by atoms with E-state index < -0.39 is 12.1 Å². The Hall–Kier alpha value is -1.62. The van der Waals surface area contributed by atoms with Gasteiger partial charge in [-0.2, -0.15) is 0 Å². The third-order valence-corrected chi connectivity index (χ3v) is 1.89. The van der Waals surface area contributed by atoms with Gasteiger partial charge >= 0.3 is 5.97 Å². The van der Waals surface area contributed by atoms with E-state index in [1.807, 2.05) is 0 Å². The van der Waals surface area contributed by atoms with Crippen molar-refractivity contribution in [2.45, 2.75) is 19.4 Å². The summed E-state index contributed by atoms with van der Waals surface area (Å²) in [4.78, 5) is 14.5. The van der Waals surface area contributed by atoms with Crippen molar-refractivity contribution >= 4 is 11.7 Å². The van der Waals surface area contributed by atoms with Crippen molar-refractivity contribution in [2.75, 3.05) is 11.9 Å². The third kappa shape index (κ3) is 3.55. The van der Waals surface area contributed by atoms with Crippen LogP contribution in [0.15, 0.2) is 18.3 Å². The van der Waals surface area contributed by atoms with E-state index in [0.717, 1.165) is 0 Å². The van der Waals surface area contributed by atoms with Gasteiger partial charge in [0.25, 0.3) is 0 Å². The number of pyridine rings is 1. The van der Waals surface area contributed by atoms with Crippen molar-refractivity contribution in [1.82, 2.24) is 4.98 Å². The molecule has 1 heterocycles. The Morgan fingerprint density at radius 2 is 2.40 bits per heavy atom. The van der Waals surface area contributed by atoms with Gasteiger partial charge in [-0.05, 0) is 25.5 Å². The van der Waals surface area contributed by atoms with Gasteiger partial charge in [0.05, 0.1) is 11.8 Å². The number of aliphatic hydroxyl groups is 1. The zero-order valence-corrected chi connectivity index (χ0v) is 8.47. The maximum atomic E-state index is 10.8. The first kappa shape index (κ1) is 11.5. The minimum atomic E-state index is -1.06. The summed E-state index contributed by atoms with van der Waals surface area (Å²) in [6.07, 6.45) is 1.60. The molecule has 0 aliphatic carbocycles. The summed E-state index contributed by atoms with van der Waals surface area (Å²) in [7, 11) is 0. The monoisotopic (exact) mass is 210 g/mol. The summed E-state index contributed by atoms with van der Waals surface area (Å²) in [6, 6.07) is 3.32. The fraction of sp³-hybridized carbons (Fsp3) is 0.400. The predicted molar refractivity (Wildman–Crippen MR) is 56.0 cm³/mol. The molecule has 1 aromatic rings. The molecular weight excluding hydrogens is 196 g/mol. The fourth-order valence-electron chi connectivity index (χ4n) is 1.13. The molecule has 82 valence electrons. The molecule has 15 heavy (non-hydrogen) atoms. The van der Waals surface area contributed by atoms with Crippen LogP contribution in [0.25, 0.3) is 0 Å². The highest BCUT2D eigenvalue weighted by Gasteiger charge is 2.10. The molecule has 0 radical (unpaired) electrons. The molecule has 0 aliphatic rings. The molecular formula is C10H14N2O3. The molecule has 0 saturated carbocycles. The standard InChI is InChI=1S/C10H14N2O3/c1-7(13)4-6-11-8-3-2-5-12-9(8)10(14)15/h2-3,5,7,11,13H,4,6H2,1H3,(H,14,15). The third-order valence-electron chi connectivity index (χ3n) is 1.89. The summed E-state index contributed by atoms with van der Waals surface area (Å²) in [5.74, 6) is -1.06. The molecule has 0 bridgehead atoms. The Morgan fingerprint density at radius 3 is 3.00 bits per heavy atom.